The van der Waals surface area contributed by atoms with Crippen LogP contribution in [0.4, 0.5) is 0 Å². The van der Waals surface area contributed by atoms with Crippen molar-refractivity contribution >= 4 is 5.78 Å². The van der Waals surface area contributed by atoms with Crippen LogP contribution < -0.4 is 4.74 Å². The van der Waals surface area contributed by atoms with Crippen LogP contribution in [-0.2, 0) is 0 Å². The van der Waals surface area contributed by atoms with Gasteiger partial charge in [0.15, 0.2) is 5.78 Å². The Morgan fingerprint density at radius 2 is 1.72 bits per heavy atom. The van der Waals surface area contributed by atoms with Crippen LogP contribution in [0.25, 0.3) is 0 Å². The van der Waals surface area contributed by atoms with Crippen molar-refractivity contribution in [3.63, 3.8) is 0 Å². The van der Waals surface area contributed by atoms with E-state index in [0.29, 0.717) is 5.56 Å². The van der Waals surface area contributed by atoms with Gasteiger partial charge < -0.3 is 4.74 Å². The molecule has 3 nitrogen and oxygen atoms in total. The van der Waals surface area contributed by atoms with Gasteiger partial charge in [0.2, 0.25) is 0 Å². The molecule has 0 saturated carbocycles. The third-order valence-corrected chi connectivity index (χ3v) is 2.75. The van der Waals surface area contributed by atoms with Crippen LogP contribution in [0.5, 0.6) is 5.75 Å². The zero-order valence-electron chi connectivity index (χ0n) is 10.5. The second-order valence-corrected chi connectivity index (χ2v) is 4.12. The average Bonchev–Trinajstić information content (AvgIpc) is 2.40. The molecule has 0 fully saturated rings. The third-order valence-electron chi connectivity index (χ3n) is 2.75. The summed E-state index contributed by atoms with van der Waals surface area (Å²) >= 11 is 0. The Hall–Kier alpha value is -2.16. The second-order valence-electron chi connectivity index (χ2n) is 4.12. The van der Waals surface area contributed by atoms with Crippen molar-refractivity contribution < 1.29 is 9.53 Å². The number of carbonyl (C=O) groups is 1. The highest BCUT2D eigenvalue weighted by Gasteiger charge is 2.07. The Labute approximate surface area is 106 Å². The van der Waals surface area contributed by atoms with Crippen LogP contribution in [0, 0.1) is 0 Å². The summed E-state index contributed by atoms with van der Waals surface area (Å²) in [6.45, 7) is 3.53. The highest BCUT2D eigenvalue weighted by molar-refractivity contribution is 5.94. The highest BCUT2D eigenvalue weighted by atomic mass is 16.5. The lowest BCUT2D eigenvalue weighted by Crippen LogP contribution is -2.03. The molecule has 0 aliphatic heterocycles. The smallest absolute Gasteiger partial charge is 0.159 e. The number of ether oxygens (including phenoxy) is 1. The molecular formula is C15H15NO2. The summed E-state index contributed by atoms with van der Waals surface area (Å²) in [5.41, 5.74) is 1.76. The van der Waals surface area contributed by atoms with E-state index in [1.165, 1.54) is 0 Å². The van der Waals surface area contributed by atoms with E-state index in [1.54, 1.807) is 31.5 Å². The molecule has 0 amide bonds. The van der Waals surface area contributed by atoms with E-state index >= 15 is 0 Å². The van der Waals surface area contributed by atoms with E-state index in [-0.39, 0.29) is 11.9 Å². The zero-order valence-corrected chi connectivity index (χ0v) is 10.5. The van der Waals surface area contributed by atoms with Gasteiger partial charge in [-0.25, -0.2) is 0 Å². The Morgan fingerprint density at radius 3 is 2.28 bits per heavy atom. The van der Waals surface area contributed by atoms with Crippen molar-refractivity contribution in [2.24, 2.45) is 0 Å². The number of rotatable bonds is 4. The van der Waals surface area contributed by atoms with Crippen molar-refractivity contribution in [1.29, 1.82) is 0 Å². The molecule has 1 heterocycles. The zero-order chi connectivity index (χ0) is 13.0. The maximum atomic E-state index is 11.2. The lowest BCUT2D eigenvalue weighted by atomic mass is 10.1. The first-order valence-electron chi connectivity index (χ1n) is 5.84. The number of Topliss-reactive ketones (excluding diaryl/α,β-unsaturated/α-hetero) is 1. The molecule has 0 bridgehead atoms. The third kappa shape index (κ3) is 2.94. The molecule has 0 saturated heterocycles. The van der Waals surface area contributed by atoms with Gasteiger partial charge in [-0.3, -0.25) is 9.78 Å². The summed E-state index contributed by atoms with van der Waals surface area (Å²) in [7, 11) is 0. The molecule has 1 aromatic carbocycles. The van der Waals surface area contributed by atoms with Crippen molar-refractivity contribution in [1.82, 2.24) is 4.98 Å². The van der Waals surface area contributed by atoms with Crippen LogP contribution in [0.1, 0.15) is 35.9 Å². The Kier molecular flexibility index (Phi) is 3.72. The van der Waals surface area contributed by atoms with E-state index in [4.69, 9.17) is 4.74 Å². The number of benzene rings is 1. The van der Waals surface area contributed by atoms with Crippen molar-refractivity contribution in [2.45, 2.75) is 20.0 Å². The molecule has 1 aromatic heterocycles. The number of aromatic nitrogens is 1. The number of hydrogen-bond donors (Lipinski definition) is 0. The Bertz CT molecular complexity index is 520. The quantitative estimate of drug-likeness (QED) is 0.770. The first kappa shape index (κ1) is 12.3. The van der Waals surface area contributed by atoms with Gasteiger partial charge in [0.1, 0.15) is 11.9 Å². The van der Waals surface area contributed by atoms with Gasteiger partial charge in [-0.05, 0) is 55.8 Å². The maximum Gasteiger partial charge on any atom is 0.159 e. The van der Waals surface area contributed by atoms with E-state index in [1.807, 2.05) is 31.2 Å². The van der Waals surface area contributed by atoms with Gasteiger partial charge >= 0.3 is 0 Å². The number of carbonyl (C=O) groups excluding carboxylic acids is 1. The fraction of sp³-hybridized carbons (Fsp3) is 0.200. The van der Waals surface area contributed by atoms with Crippen LogP contribution in [-0.4, -0.2) is 10.8 Å². The van der Waals surface area contributed by atoms with E-state index in [2.05, 4.69) is 4.98 Å². The summed E-state index contributed by atoms with van der Waals surface area (Å²) in [5.74, 6) is 0.813. The average molecular weight is 241 g/mol. The lowest BCUT2D eigenvalue weighted by molar-refractivity contribution is 0.101. The monoisotopic (exact) mass is 241 g/mol. The largest absolute Gasteiger partial charge is 0.486 e. The number of nitrogens with zero attached hydrogens (tertiary/aromatic N) is 1. The standard InChI is InChI=1S/C15H15NO2/c1-11(17)13-3-5-15(6-4-13)18-12(2)14-7-9-16-10-8-14/h3-10,12H,1-2H3. The van der Waals surface area contributed by atoms with Gasteiger partial charge in [-0.2, -0.15) is 0 Å². The fourth-order valence-corrected chi connectivity index (χ4v) is 1.67. The molecule has 2 aromatic rings. The van der Waals surface area contributed by atoms with Crippen LogP contribution in [0.3, 0.4) is 0 Å². The topological polar surface area (TPSA) is 39.2 Å². The maximum absolute atomic E-state index is 11.2. The molecular weight excluding hydrogens is 226 g/mol. The second kappa shape index (κ2) is 5.45. The van der Waals surface area contributed by atoms with Crippen LogP contribution in [0.15, 0.2) is 48.8 Å². The van der Waals surface area contributed by atoms with Gasteiger partial charge in [-0.15, -0.1) is 0 Å². The molecule has 1 unspecified atom stereocenters. The van der Waals surface area contributed by atoms with Crippen LogP contribution in [0.2, 0.25) is 0 Å². The van der Waals surface area contributed by atoms with Gasteiger partial charge in [0, 0.05) is 18.0 Å². The number of hydrogen-bond acceptors (Lipinski definition) is 3. The molecule has 0 aliphatic rings. The fourth-order valence-electron chi connectivity index (χ4n) is 1.67. The van der Waals surface area contributed by atoms with E-state index in [9.17, 15) is 4.79 Å². The molecule has 3 heteroatoms. The Morgan fingerprint density at radius 1 is 1.11 bits per heavy atom. The minimum atomic E-state index is -0.0452. The number of ketones is 1. The van der Waals surface area contributed by atoms with E-state index in [0.717, 1.165) is 11.3 Å². The minimum absolute atomic E-state index is 0.0452. The van der Waals surface area contributed by atoms with E-state index < -0.39 is 0 Å². The molecule has 18 heavy (non-hydrogen) atoms. The predicted octanol–water partition coefficient (Wildman–Crippen LogP) is 3.42. The van der Waals surface area contributed by atoms with Crippen molar-refractivity contribution in [3.05, 3.63) is 59.9 Å². The van der Waals surface area contributed by atoms with Gasteiger partial charge in [0.25, 0.3) is 0 Å². The molecule has 2 rings (SSSR count). The first-order chi connectivity index (χ1) is 8.66. The summed E-state index contributed by atoms with van der Waals surface area (Å²) in [6.07, 6.45) is 3.44. The molecule has 1 atom stereocenters. The SMILES string of the molecule is CC(=O)c1ccc(OC(C)c2ccncc2)cc1. The molecule has 0 radical (unpaired) electrons. The van der Waals surface area contributed by atoms with Crippen LogP contribution >= 0.6 is 0 Å². The molecule has 0 aliphatic carbocycles. The van der Waals surface area contributed by atoms with Gasteiger partial charge in [-0.1, -0.05) is 0 Å². The first-order valence-corrected chi connectivity index (χ1v) is 5.84. The molecule has 0 N–H and O–H groups in total. The lowest BCUT2D eigenvalue weighted by Gasteiger charge is -2.14. The number of pyridine rings is 1. The summed E-state index contributed by atoms with van der Waals surface area (Å²) in [6, 6.07) is 11.0. The van der Waals surface area contributed by atoms with Crippen molar-refractivity contribution in [3.8, 4) is 5.75 Å². The normalized spacial score (nSPS) is 11.9. The van der Waals surface area contributed by atoms with Gasteiger partial charge in [0.05, 0.1) is 0 Å². The molecule has 0 spiro atoms. The minimum Gasteiger partial charge on any atom is -0.486 e. The summed E-state index contributed by atoms with van der Waals surface area (Å²) in [4.78, 5) is 15.1. The molecule has 92 valence electrons. The highest BCUT2D eigenvalue weighted by Crippen LogP contribution is 2.21. The van der Waals surface area contributed by atoms with Crippen molar-refractivity contribution in [2.75, 3.05) is 0 Å². The summed E-state index contributed by atoms with van der Waals surface area (Å²) in [5, 5.41) is 0. The summed E-state index contributed by atoms with van der Waals surface area (Å²) < 4.78 is 5.80. The predicted molar refractivity (Wildman–Crippen MR) is 69.7 cm³/mol. The Balaban J connectivity index is 2.08.